The Morgan fingerprint density at radius 2 is 1.95 bits per heavy atom. The van der Waals surface area contributed by atoms with E-state index in [9.17, 15) is 4.79 Å². The highest BCUT2D eigenvalue weighted by molar-refractivity contribution is 5.86. The number of ether oxygens (including phenoxy) is 1. The van der Waals surface area contributed by atoms with Crippen LogP contribution in [0.5, 0.6) is 0 Å². The molecule has 0 unspecified atom stereocenters. The smallest absolute Gasteiger partial charge is 0.310 e. The van der Waals surface area contributed by atoms with Crippen LogP contribution in [0.25, 0.3) is 11.0 Å². The Labute approximate surface area is 123 Å². The first-order valence-electron chi connectivity index (χ1n) is 6.88. The number of esters is 1. The molecule has 0 saturated heterocycles. The van der Waals surface area contributed by atoms with E-state index in [1.807, 2.05) is 55.5 Å². The average Bonchev–Trinajstić information content (AvgIpc) is 2.88. The molecule has 106 valence electrons. The number of carbonyl (C=O) groups excluding carboxylic acids is 1. The molecule has 0 bridgehead atoms. The lowest BCUT2D eigenvalue weighted by molar-refractivity contribution is -0.144. The maximum atomic E-state index is 11.9. The highest BCUT2D eigenvalue weighted by Gasteiger charge is 2.11. The van der Waals surface area contributed by atoms with Crippen LogP contribution >= 0.6 is 0 Å². The van der Waals surface area contributed by atoms with E-state index in [1.54, 1.807) is 6.26 Å². The van der Waals surface area contributed by atoms with Crippen LogP contribution in [0.2, 0.25) is 0 Å². The Bertz CT molecular complexity index is 756. The second kappa shape index (κ2) is 5.83. The van der Waals surface area contributed by atoms with Crippen LogP contribution in [-0.2, 0) is 22.6 Å². The molecule has 1 heterocycles. The van der Waals surface area contributed by atoms with Crippen molar-refractivity contribution in [1.82, 2.24) is 0 Å². The molecule has 1 aromatic heterocycles. The van der Waals surface area contributed by atoms with Crippen LogP contribution in [-0.4, -0.2) is 5.97 Å². The molecule has 3 nitrogen and oxygen atoms in total. The van der Waals surface area contributed by atoms with Gasteiger partial charge in [-0.2, -0.15) is 0 Å². The van der Waals surface area contributed by atoms with E-state index in [0.29, 0.717) is 6.61 Å². The molecule has 0 saturated carbocycles. The molecule has 0 amide bonds. The van der Waals surface area contributed by atoms with Gasteiger partial charge in [0, 0.05) is 10.9 Å². The van der Waals surface area contributed by atoms with E-state index in [2.05, 4.69) is 0 Å². The van der Waals surface area contributed by atoms with Crippen LogP contribution in [0, 0.1) is 6.92 Å². The first kappa shape index (κ1) is 13.4. The van der Waals surface area contributed by atoms with Gasteiger partial charge in [0.1, 0.15) is 12.2 Å². The molecule has 0 spiro atoms. The van der Waals surface area contributed by atoms with Gasteiger partial charge in [0.15, 0.2) is 0 Å². The lowest BCUT2D eigenvalue weighted by Crippen LogP contribution is -2.07. The fourth-order valence-corrected chi connectivity index (χ4v) is 2.27. The predicted molar refractivity (Wildman–Crippen MR) is 80.9 cm³/mol. The molecule has 0 fully saturated rings. The van der Waals surface area contributed by atoms with Gasteiger partial charge in [-0.3, -0.25) is 4.79 Å². The summed E-state index contributed by atoms with van der Waals surface area (Å²) >= 11 is 0. The van der Waals surface area contributed by atoms with E-state index in [0.717, 1.165) is 27.7 Å². The van der Waals surface area contributed by atoms with Crippen molar-refractivity contribution in [2.75, 3.05) is 0 Å². The topological polar surface area (TPSA) is 39.4 Å². The fraction of sp³-hybridized carbons (Fsp3) is 0.167. The van der Waals surface area contributed by atoms with Crippen molar-refractivity contribution < 1.29 is 13.9 Å². The Kier molecular flexibility index (Phi) is 3.73. The highest BCUT2D eigenvalue weighted by atomic mass is 16.5. The molecule has 0 aliphatic heterocycles. The van der Waals surface area contributed by atoms with Gasteiger partial charge >= 0.3 is 5.97 Å². The summed E-state index contributed by atoms with van der Waals surface area (Å²) < 4.78 is 10.8. The molecular formula is C18H16O3. The van der Waals surface area contributed by atoms with E-state index >= 15 is 0 Å². The van der Waals surface area contributed by atoms with Gasteiger partial charge in [-0.05, 0) is 24.1 Å². The number of aryl methyl sites for hydroxylation is 1. The molecule has 0 radical (unpaired) electrons. The van der Waals surface area contributed by atoms with Gasteiger partial charge in [0.05, 0.1) is 12.7 Å². The molecule has 0 aliphatic carbocycles. The number of fused-ring (bicyclic) bond motifs is 1. The third-order valence-corrected chi connectivity index (χ3v) is 3.39. The highest BCUT2D eigenvalue weighted by Crippen LogP contribution is 2.23. The molecule has 21 heavy (non-hydrogen) atoms. The van der Waals surface area contributed by atoms with Crippen LogP contribution in [0.1, 0.15) is 16.7 Å². The van der Waals surface area contributed by atoms with Gasteiger partial charge in [0.25, 0.3) is 0 Å². The van der Waals surface area contributed by atoms with Crippen molar-refractivity contribution in [2.45, 2.75) is 20.0 Å². The van der Waals surface area contributed by atoms with Crippen LogP contribution in [0.15, 0.2) is 59.2 Å². The van der Waals surface area contributed by atoms with Gasteiger partial charge in [-0.25, -0.2) is 0 Å². The zero-order valence-corrected chi connectivity index (χ0v) is 11.8. The summed E-state index contributed by atoms with van der Waals surface area (Å²) in [6.45, 7) is 2.31. The van der Waals surface area contributed by atoms with Crippen LogP contribution in [0.4, 0.5) is 0 Å². The Hall–Kier alpha value is -2.55. The minimum absolute atomic E-state index is 0.225. The first-order valence-corrected chi connectivity index (χ1v) is 6.88. The van der Waals surface area contributed by atoms with Crippen molar-refractivity contribution in [2.24, 2.45) is 0 Å². The largest absolute Gasteiger partial charge is 0.464 e. The van der Waals surface area contributed by atoms with Gasteiger partial charge < -0.3 is 9.15 Å². The molecule has 3 aromatic rings. The SMILES string of the molecule is Cc1ccc2c(CC(=O)OCc3ccccc3)coc2c1. The molecule has 2 aromatic carbocycles. The summed E-state index contributed by atoms with van der Waals surface area (Å²) in [4.78, 5) is 11.9. The summed E-state index contributed by atoms with van der Waals surface area (Å²) in [5.74, 6) is -0.248. The number of carbonyl (C=O) groups is 1. The van der Waals surface area contributed by atoms with Crippen LogP contribution in [0.3, 0.4) is 0 Å². The summed E-state index contributed by atoms with van der Waals surface area (Å²) in [6, 6.07) is 15.6. The van der Waals surface area contributed by atoms with Gasteiger partial charge in [0.2, 0.25) is 0 Å². The number of furan rings is 1. The normalized spacial score (nSPS) is 10.7. The summed E-state index contributed by atoms with van der Waals surface area (Å²) in [5, 5.41) is 0.970. The van der Waals surface area contributed by atoms with Crippen LogP contribution < -0.4 is 0 Å². The minimum Gasteiger partial charge on any atom is -0.464 e. The van der Waals surface area contributed by atoms with Crippen molar-refractivity contribution >= 4 is 16.9 Å². The van der Waals surface area contributed by atoms with Crippen molar-refractivity contribution in [3.8, 4) is 0 Å². The lowest BCUT2D eigenvalue weighted by atomic mass is 10.1. The monoisotopic (exact) mass is 280 g/mol. The Morgan fingerprint density at radius 3 is 2.76 bits per heavy atom. The third kappa shape index (κ3) is 3.14. The number of benzene rings is 2. The molecule has 3 rings (SSSR count). The average molecular weight is 280 g/mol. The maximum Gasteiger partial charge on any atom is 0.310 e. The maximum absolute atomic E-state index is 11.9. The second-order valence-electron chi connectivity index (χ2n) is 5.08. The van der Waals surface area contributed by atoms with Crippen molar-refractivity contribution in [3.05, 3.63) is 71.5 Å². The Balaban J connectivity index is 1.66. The van der Waals surface area contributed by atoms with Crippen molar-refractivity contribution in [3.63, 3.8) is 0 Å². The fourth-order valence-electron chi connectivity index (χ4n) is 2.27. The zero-order valence-electron chi connectivity index (χ0n) is 11.8. The quantitative estimate of drug-likeness (QED) is 0.677. The van der Waals surface area contributed by atoms with E-state index < -0.39 is 0 Å². The van der Waals surface area contributed by atoms with Gasteiger partial charge in [-0.15, -0.1) is 0 Å². The van der Waals surface area contributed by atoms with E-state index in [-0.39, 0.29) is 12.4 Å². The van der Waals surface area contributed by atoms with E-state index in [4.69, 9.17) is 9.15 Å². The number of rotatable bonds is 4. The summed E-state index contributed by atoms with van der Waals surface area (Å²) in [6.07, 6.45) is 1.86. The Morgan fingerprint density at radius 1 is 1.14 bits per heavy atom. The van der Waals surface area contributed by atoms with E-state index in [1.165, 1.54) is 0 Å². The molecular weight excluding hydrogens is 264 g/mol. The molecule has 0 N–H and O–H groups in total. The zero-order chi connectivity index (χ0) is 14.7. The molecule has 3 heteroatoms. The summed E-state index contributed by atoms with van der Waals surface area (Å²) in [7, 11) is 0. The summed E-state index contributed by atoms with van der Waals surface area (Å²) in [5.41, 5.74) is 3.79. The lowest BCUT2D eigenvalue weighted by Gasteiger charge is -2.04. The standard InChI is InChI=1S/C18H16O3/c1-13-7-8-16-15(12-20-17(16)9-13)10-18(19)21-11-14-5-3-2-4-6-14/h2-9,12H,10-11H2,1H3. The third-order valence-electron chi connectivity index (χ3n) is 3.39. The van der Waals surface area contributed by atoms with Gasteiger partial charge in [-0.1, -0.05) is 42.5 Å². The minimum atomic E-state index is -0.248. The number of hydrogen-bond acceptors (Lipinski definition) is 3. The molecule has 0 atom stereocenters. The predicted octanol–water partition coefficient (Wildman–Crippen LogP) is 4.03. The van der Waals surface area contributed by atoms with Crippen molar-refractivity contribution in [1.29, 1.82) is 0 Å². The second-order valence-corrected chi connectivity index (χ2v) is 5.08. The first-order chi connectivity index (χ1) is 10.2. The molecule has 0 aliphatic rings. The number of hydrogen-bond donors (Lipinski definition) is 0.